The lowest BCUT2D eigenvalue weighted by Gasteiger charge is -2.13. The lowest BCUT2D eigenvalue weighted by Crippen LogP contribution is -2.41. The first-order valence-corrected chi connectivity index (χ1v) is 6.18. The Morgan fingerprint density at radius 3 is 2.61 bits per heavy atom. The average molecular weight is 270 g/mol. The van der Waals surface area contributed by atoms with Gasteiger partial charge in [-0.05, 0) is 18.1 Å². The molecule has 98 valence electrons. The minimum atomic E-state index is -1.01. The van der Waals surface area contributed by atoms with Crippen molar-refractivity contribution in [1.29, 1.82) is 0 Å². The van der Waals surface area contributed by atoms with E-state index in [4.69, 9.17) is 16.7 Å². The number of carboxylic acids is 1. The molecule has 1 aromatic carbocycles. The van der Waals surface area contributed by atoms with Gasteiger partial charge in [-0.25, -0.2) is 4.79 Å². The van der Waals surface area contributed by atoms with Crippen molar-refractivity contribution < 1.29 is 14.7 Å². The maximum absolute atomic E-state index is 11.7. The molecule has 1 aromatic rings. The van der Waals surface area contributed by atoms with Gasteiger partial charge in [0, 0.05) is 5.02 Å². The van der Waals surface area contributed by atoms with Crippen molar-refractivity contribution in [3.8, 4) is 0 Å². The van der Waals surface area contributed by atoms with Gasteiger partial charge in [0.25, 0.3) is 0 Å². The predicted molar refractivity (Wildman–Crippen MR) is 69.6 cm³/mol. The third-order valence-electron chi connectivity index (χ3n) is 2.52. The molecule has 0 aliphatic rings. The van der Waals surface area contributed by atoms with Crippen LogP contribution in [0.15, 0.2) is 24.3 Å². The van der Waals surface area contributed by atoms with Gasteiger partial charge in [0.05, 0.1) is 6.42 Å². The number of carbonyl (C=O) groups is 2. The van der Waals surface area contributed by atoms with E-state index in [0.29, 0.717) is 23.4 Å². The molecule has 1 atom stereocenters. The van der Waals surface area contributed by atoms with Crippen molar-refractivity contribution >= 4 is 23.5 Å². The summed E-state index contributed by atoms with van der Waals surface area (Å²) in [6.07, 6.45) is 1.21. The second-order valence-corrected chi connectivity index (χ2v) is 4.42. The van der Waals surface area contributed by atoms with Crippen molar-refractivity contribution in [3.63, 3.8) is 0 Å². The molecule has 1 amide bonds. The molecule has 5 heteroatoms. The topological polar surface area (TPSA) is 66.4 Å². The minimum absolute atomic E-state index is 0.0904. The van der Waals surface area contributed by atoms with Gasteiger partial charge < -0.3 is 10.4 Å². The van der Waals surface area contributed by atoms with Gasteiger partial charge >= 0.3 is 5.97 Å². The van der Waals surface area contributed by atoms with Gasteiger partial charge in [-0.2, -0.15) is 0 Å². The van der Waals surface area contributed by atoms with Gasteiger partial charge in [-0.1, -0.05) is 43.1 Å². The van der Waals surface area contributed by atoms with Crippen LogP contribution < -0.4 is 5.32 Å². The van der Waals surface area contributed by atoms with E-state index in [1.165, 1.54) is 0 Å². The molecule has 18 heavy (non-hydrogen) atoms. The Morgan fingerprint density at radius 2 is 2.06 bits per heavy atom. The highest BCUT2D eigenvalue weighted by molar-refractivity contribution is 6.31. The first-order valence-electron chi connectivity index (χ1n) is 5.80. The number of carboxylic acid groups (broad SMARTS) is 1. The number of amides is 1. The first kappa shape index (κ1) is 14.5. The largest absolute Gasteiger partial charge is 0.480 e. The van der Waals surface area contributed by atoms with Crippen LogP contribution >= 0.6 is 11.6 Å². The lowest BCUT2D eigenvalue weighted by atomic mass is 10.1. The van der Waals surface area contributed by atoms with Crippen LogP contribution in [0.25, 0.3) is 0 Å². The van der Waals surface area contributed by atoms with Crippen molar-refractivity contribution in [2.24, 2.45) is 0 Å². The van der Waals surface area contributed by atoms with Crippen LogP contribution in [0.3, 0.4) is 0 Å². The fraction of sp³-hybridized carbons (Fsp3) is 0.385. The summed E-state index contributed by atoms with van der Waals surface area (Å²) < 4.78 is 0. The Balaban J connectivity index is 2.61. The lowest BCUT2D eigenvalue weighted by molar-refractivity contribution is -0.141. The highest BCUT2D eigenvalue weighted by atomic mass is 35.5. The molecule has 2 N–H and O–H groups in total. The second kappa shape index (κ2) is 7.01. The van der Waals surface area contributed by atoms with E-state index in [1.807, 2.05) is 6.92 Å². The summed E-state index contributed by atoms with van der Waals surface area (Å²) in [7, 11) is 0. The van der Waals surface area contributed by atoms with Crippen molar-refractivity contribution in [2.45, 2.75) is 32.2 Å². The molecule has 0 radical (unpaired) electrons. The van der Waals surface area contributed by atoms with E-state index in [2.05, 4.69) is 5.32 Å². The van der Waals surface area contributed by atoms with Crippen LogP contribution in [0.1, 0.15) is 25.3 Å². The molecule has 0 aliphatic heterocycles. The van der Waals surface area contributed by atoms with Gasteiger partial charge in [0.2, 0.25) is 5.91 Å². The summed E-state index contributed by atoms with van der Waals surface area (Å²) in [5.41, 5.74) is 0.692. The molecule has 0 saturated heterocycles. The number of hydrogen-bond acceptors (Lipinski definition) is 2. The molecule has 0 heterocycles. The van der Waals surface area contributed by atoms with Gasteiger partial charge in [0.15, 0.2) is 0 Å². The number of nitrogens with one attached hydrogen (secondary N) is 1. The molecule has 0 spiro atoms. The zero-order valence-electron chi connectivity index (χ0n) is 10.1. The van der Waals surface area contributed by atoms with Crippen LogP contribution in [0, 0.1) is 0 Å². The first-order chi connectivity index (χ1) is 8.54. The third-order valence-corrected chi connectivity index (χ3v) is 2.89. The monoisotopic (exact) mass is 269 g/mol. The molecular formula is C13H16ClNO3. The molecule has 4 nitrogen and oxygen atoms in total. The molecule has 0 bridgehead atoms. The Morgan fingerprint density at radius 1 is 1.39 bits per heavy atom. The maximum atomic E-state index is 11.7. The van der Waals surface area contributed by atoms with Crippen LogP contribution in [0.2, 0.25) is 5.02 Å². The summed E-state index contributed by atoms with van der Waals surface area (Å²) in [4.78, 5) is 22.6. The highest BCUT2D eigenvalue weighted by Crippen LogP contribution is 2.15. The van der Waals surface area contributed by atoms with Crippen LogP contribution in [-0.2, 0) is 16.0 Å². The summed E-state index contributed by atoms with van der Waals surface area (Å²) in [6.45, 7) is 1.87. The maximum Gasteiger partial charge on any atom is 0.326 e. The Hall–Kier alpha value is -1.55. The number of rotatable bonds is 6. The van der Waals surface area contributed by atoms with E-state index in [9.17, 15) is 9.59 Å². The second-order valence-electron chi connectivity index (χ2n) is 4.02. The smallest absolute Gasteiger partial charge is 0.326 e. The van der Waals surface area contributed by atoms with Crippen molar-refractivity contribution in [3.05, 3.63) is 34.9 Å². The third kappa shape index (κ3) is 4.37. The van der Waals surface area contributed by atoms with E-state index in [-0.39, 0.29) is 12.3 Å². The van der Waals surface area contributed by atoms with Crippen LogP contribution in [-0.4, -0.2) is 23.0 Å². The van der Waals surface area contributed by atoms with Crippen molar-refractivity contribution in [1.82, 2.24) is 5.32 Å². The number of aliphatic carboxylic acids is 1. The molecule has 1 unspecified atom stereocenters. The average Bonchev–Trinajstić information content (AvgIpc) is 2.31. The molecule has 0 aromatic heterocycles. The summed E-state index contributed by atoms with van der Waals surface area (Å²) in [5.74, 6) is -1.34. The number of carbonyl (C=O) groups excluding carboxylic acids is 1. The van der Waals surface area contributed by atoms with E-state index < -0.39 is 12.0 Å². The summed E-state index contributed by atoms with van der Waals surface area (Å²) in [6, 6.07) is 6.18. The fourth-order valence-electron chi connectivity index (χ4n) is 1.61. The Kier molecular flexibility index (Phi) is 5.65. The standard InChI is InChI=1S/C13H16ClNO3/c1-2-5-11(13(17)18)15-12(16)8-9-6-3-4-7-10(9)14/h3-4,6-7,11H,2,5,8H2,1H3,(H,15,16)(H,17,18). The Bertz CT molecular complexity index is 434. The molecule has 0 saturated carbocycles. The zero-order chi connectivity index (χ0) is 13.5. The number of halogens is 1. The van der Waals surface area contributed by atoms with Gasteiger partial charge in [0.1, 0.15) is 6.04 Å². The molecule has 1 rings (SSSR count). The zero-order valence-corrected chi connectivity index (χ0v) is 10.9. The normalized spacial score (nSPS) is 11.9. The van der Waals surface area contributed by atoms with E-state index in [0.717, 1.165) is 0 Å². The summed E-state index contributed by atoms with van der Waals surface area (Å²) in [5, 5.41) is 11.9. The summed E-state index contributed by atoms with van der Waals surface area (Å²) >= 11 is 5.93. The Labute approximate surface area is 111 Å². The number of benzene rings is 1. The van der Waals surface area contributed by atoms with E-state index in [1.54, 1.807) is 24.3 Å². The van der Waals surface area contributed by atoms with Gasteiger partial charge in [-0.3, -0.25) is 4.79 Å². The van der Waals surface area contributed by atoms with Gasteiger partial charge in [-0.15, -0.1) is 0 Å². The molecule has 0 aliphatic carbocycles. The fourth-order valence-corrected chi connectivity index (χ4v) is 1.81. The van der Waals surface area contributed by atoms with E-state index >= 15 is 0 Å². The molecule has 0 fully saturated rings. The van der Waals surface area contributed by atoms with Crippen LogP contribution in [0.4, 0.5) is 0 Å². The minimum Gasteiger partial charge on any atom is -0.480 e. The SMILES string of the molecule is CCCC(NC(=O)Cc1ccccc1Cl)C(=O)O. The highest BCUT2D eigenvalue weighted by Gasteiger charge is 2.19. The quantitative estimate of drug-likeness (QED) is 0.832. The van der Waals surface area contributed by atoms with Crippen LogP contribution in [0.5, 0.6) is 0 Å². The number of hydrogen-bond donors (Lipinski definition) is 2. The molecular weight excluding hydrogens is 254 g/mol. The predicted octanol–water partition coefficient (Wildman–Crippen LogP) is 2.25. The van der Waals surface area contributed by atoms with Crippen molar-refractivity contribution in [2.75, 3.05) is 0 Å².